The van der Waals surface area contributed by atoms with Gasteiger partial charge in [-0.25, -0.2) is 9.52 Å². The van der Waals surface area contributed by atoms with Gasteiger partial charge < -0.3 is 14.4 Å². The summed E-state index contributed by atoms with van der Waals surface area (Å²) >= 11 is 1.51. The summed E-state index contributed by atoms with van der Waals surface area (Å²) in [5, 5.41) is 2.17. The van der Waals surface area contributed by atoms with E-state index < -0.39 is 16.2 Å². The van der Waals surface area contributed by atoms with E-state index in [0.29, 0.717) is 12.4 Å². The normalized spacial score (nSPS) is 11.2. The third kappa shape index (κ3) is 7.43. The van der Waals surface area contributed by atoms with Crippen molar-refractivity contribution in [2.75, 3.05) is 38.2 Å². The molecule has 0 bridgehead atoms. The standard InChI is InChI=1S/C12H20N6O5S2/c1-5-18(8-24-4)7-13-25(20,21)17-12(19)16-11-14-9(22-2)6-10(15-11)23-3/h6-7H,5,8H2,1-4H3,(H2,14,15,16,17,19). The summed E-state index contributed by atoms with van der Waals surface area (Å²) in [4.78, 5) is 21.2. The fraction of sp³-hybridized carbons (Fsp3) is 0.500. The van der Waals surface area contributed by atoms with E-state index in [2.05, 4.69) is 19.7 Å². The molecule has 0 aromatic carbocycles. The van der Waals surface area contributed by atoms with E-state index in [-0.39, 0.29) is 17.7 Å². The smallest absolute Gasteiger partial charge is 0.347 e. The summed E-state index contributed by atoms with van der Waals surface area (Å²) in [5.41, 5.74) is 0. The third-order valence-corrected chi connectivity index (χ3v) is 4.00. The van der Waals surface area contributed by atoms with Crippen LogP contribution in [0.25, 0.3) is 0 Å². The number of hydrogen-bond acceptors (Lipinski definition) is 8. The number of amides is 2. The number of anilines is 1. The Balaban J connectivity index is 2.76. The van der Waals surface area contributed by atoms with E-state index in [1.54, 1.807) is 9.62 Å². The minimum atomic E-state index is -4.22. The van der Waals surface area contributed by atoms with Gasteiger partial charge in [-0.05, 0) is 13.2 Å². The van der Waals surface area contributed by atoms with Crippen molar-refractivity contribution in [2.45, 2.75) is 6.92 Å². The minimum absolute atomic E-state index is 0.138. The second kappa shape index (κ2) is 9.88. The van der Waals surface area contributed by atoms with Crippen LogP contribution >= 0.6 is 11.8 Å². The highest BCUT2D eigenvalue weighted by atomic mass is 32.2. The summed E-state index contributed by atoms with van der Waals surface area (Å²) < 4.78 is 38.6. The molecule has 25 heavy (non-hydrogen) atoms. The number of carbonyl (C=O) groups is 1. The van der Waals surface area contributed by atoms with Crippen LogP contribution in [0.5, 0.6) is 11.8 Å². The van der Waals surface area contributed by atoms with Gasteiger partial charge in [0, 0.05) is 6.54 Å². The summed E-state index contributed by atoms with van der Waals surface area (Å²) in [6.07, 6.45) is 3.02. The van der Waals surface area contributed by atoms with Crippen LogP contribution in [-0.4, -0.2) is 68.6 Å². The SMILES string of the molecule is CCN(C=NS(=O)(=O)NC(=O)Nc1nc(OC)cc(OC)n1)CSC. The maximum Gasteiger partial charge on any atom is 0.347 e. The van der Waals surface area contributed by atoms with Crippen molar-refractivity contribution in [1.82, 2.24) is 19.6 Å². The average molecular weight is 392 g/mol. The molecule has 1 aromatic rings. The molecule has 0 atom stereocenters. The van der Waals surface area contributed by atoms with Crippen molar-refractivity contribution < 1.29 is 22.7 Å². The van der Waals surface area contributed by atoms with Gasteiger partial charge in [-0.1, -0.05) is 0 Å². The molecule has 1 rings (SSSR count). The number of nitrogens with zero attached hydrogens (tertiary/aromatic N) is 4. The highest BCUT2D eigenvalue weighted by Crippen LogP contribution is 2.17. The summed E-state index contributed by atoms with van der Waals surface area (Å²) in [7, 11) is -1.47. The van der Waals surface area contributed by atoms with Crippen molar-refractivity contribution in [1.29, 1.82) is 0 Å². The third-order valence-electron chi connectivity index (χ3n) is 2.59. The lowest BCUT2D eigenvalue weighted by Gasteiger charge is -2.14. The van der Waals surface area contributed by atoms with E-state index in [9.17, 15) is 13.2 Å². The number of ether oxygens (including phenoxy) is 2. The Hall–Kier alpha value is -2.28. The maximum atomic E-state index is 11.8. The molecule has 0 saturated carbocycles. The highest BCUT2D eigenvalue weighted by molar-refractivity contribution is 7.98. The Morgan fingerprint density at radius 1 is 1.36 bits per heavy atom. The highest BCUT2D eigenvalue weighted by Gasteiger charge is 2.15. The van der Waals surface area contributed by atoms with Crippen molar-refractivity contribution in [3.05, 3.63) is 6.07 Å². The van der Waals surface area contributed by atoms with Gasteiger partial charge >= 0.3 is 16.2 Å². The lowest BCUT2D eigenvalue weighted by atomic mass is 10.6. The molecule has 2 N–H and O–H groups in total. The summed E-state index contributed by atoms with van der Waals surface area (Å²) in [5.74, 6) is 0.655. The number of thioether (sulfide) groups is 1. The predicted molar refractivity (Wildman–Crippen MR) is 95.5 cm³/mol. The molecule has 0 aliphatic rings. The molecular weight excluding hydrogens is 372 g/mol. The van der Waals surface area contributed by atoms with Crippen LogP contribution in [0.2, 0.25) is 0 Å². The van der Waals surface area contributed by atoms with Gasteiger partial charge in [0.1, 0.15) is 6.34 Å². The molecule has 140 valence electrons. The summed E-state index contributed by atoms with van der Waals surface area (Å²) in [6, 6.07) is 0.329. The van der Waals surface area contributed by atoms with E-state index in [4.69, 9.17) is 9.47 Å². The molecule has 11 nitrogen and oxygen atoms in total. The van der Waals surface area contributed by atoms with E-state index >= 15 is 0 Å². The van der Waals surface area contributed by atoms with Crippen LogP contribution in [-0.2, 0) is 10.2 Å². The maximum absolute atomic E-state index is 11.8. The number of methoxy groups -OCH3 is 2. The molecule has 0 saturated heterocycles. The molecule has 0 fully saturated rings. The van der Waals surface area contributed by atoms with Crippen molar-refractivity contribution in [2.24, 2.45) is 4.40 Å². The lowest BCUT2D eigenvalue weighted by molar-refractivity contribution is 0.256. The first-order valence-electron chi connectivity index (χ1n) is 6.92. The van der Waals surface area contributed by atoms with Gasteiger partial charge in [-0.15, -0.1) is 16.2 Å². The lowest BCUT2D eigenvalue weighted by Crippen LogP contribution is -2.34. The Morgan fingerprint density at radius 2 is 1.96 bits per heavy atom. The van der Waals surface area contributed by atoms with Crippen LogP contribution in [0.3, 0.4) is 0 Å². The monoisotopic (exact) mass is 392 g/mol. The largest absolute Gasteiger partial charge is 0.481 e. The van der Waals surface area contributed by atoms with Crippen LogP contribution in [0.15, 0.2) is 10.5 Å². The zero-order valence-electron chi connectivity index (χ0n) is 14.2. The fourth-order valence-electron chi connectivity index (χ4n) is 1.44. The fourth-order valence-corrected chi connectivity index (χ4v) is 2.62. The number of urea groups is 1. The second-order valence-corrected chi connectivity index (χ2v) is 6.55. The molecule has 0 aliphatic carbocycles. The summed E-state index contributed by atoms with van der Waals surface area (Å²) in [6.45, 7) is 2.42. The van der Waals surface area contributed by atoms with Crippen molar-refractivity contribution in [3.8, 4) is 11.8 Å². The molecule has 0 aliphatic heterocycles. The Kier molecular flexibility index (Phi) is 8.21. The van der Waals surface area contributed by atoms with Crippen LogP contribution in [0.1, 0.15) is 6.92 Å². The van der Waals surface area contributed by atoms with Gasteiger partial charge in [-0.3, -0.25) is 5.32 Å². The molecular formula is C12H20N6O5S2. The van der Waals surface area contributed by atoms with E-state index in [0.717, 1.165) is 6.34 Å². The minimum Gasteiger partial charge on any atom is -0.481 e. The van der Waals surface area contributed by atoms with Gasteiger partial charge in [0.15, 0.2) is 0 Å². The zero-order chi connectivity index (χ0) is 18.9. The molecule has 1 heterocycles. The van der Waals surface area contributed by atoms with Crippen LogP contribution in [0.4, 0.5) is 10.7 Å². The predicted octanol–water partition coefficient (Wildman–Crippen LogP) is 0.531. The molecule has 0 radical (unpaired) electrons. The first-order chi connectivity index (χ1) is 11.8. The van der Waals surface area contributed by atoms with Crippen LogP contribution < -0.4 is 19.5 Å². The van der Waals surface area contributed by atoms with E-state index in [1.807, 2.05) is 13.2 Å². The number of carbonyl (C=O) groups excluding carboxylic acids is 1. The topological polar surface area (TPSA) is 135 Å². The number of nitrogens with one attached hydrogen (secondary N) is 2. The quantitative estimate of drug-likeness (QED) is 0.350. The number of hydrogen-bond donors (Lipinski definition) is 2. The van der Waals surface area contributed by atoms with Gasteiger partial charge in [0.05, 0.1) is 26.2 Å². The van der Waals surface area contributed by atoms with Crippen molar-refractivity contribution >= 4 is 40.3 Å². The van der Waals surface area contributed by atoms with Crippen molar-refractivity contribution in [3.63, 3.8) is 0 Å². The Bertz CT molecular complexity index is 690. The first kappa shape index (κ1) is 20.8. The molecule has 1 aromatic heterocycles. The number of aromatic nitrogens is 2. The van der Waals surface area contributed by atoms with Gasteiger partial charge in [0.2, 0.25) is 17.7 Å². The molecule has 0 spiro atoms. The number of rotatable bonds is 9. The van der Waals surface area contributed by atoms with E-state index in [1.165, 1.54) is 32.0 Å². The Labute approximate surface area is 150 Å². The Morgan fingerprint density at radius 3 is 2.44 bits per heavy atom. The second-order valence-electron chi connectivity index (χ2n) is 4.35. The average Bonchev–Trinajstić information content (AvgIpc) is 2.57. The zero-order valence-corrected chi connectivity index (χ0v) is 15.8. The molecule has 2 amide bonds. The van der Waals surface area contributed by atoms with Crippen LogP contribution in [0, 0.1) is 0 Å². The molecule has 0 unspecified atom stereocenters. The first-order valence-corrected chi connectivity index (χ1v) is 9.76. The van der Waals surface area contributed by atoms with Gasteiger partial charge in [0.25, 0.3) is 0 Å². The van der Waals surface area contributed by atoms with Gasteiger partial charge in [-0.2, -0.15) is 18.4 Å². The molecule has 13 heteroatoms.